The van der Waals surface area contributed by atoms with Crippen molar-refractivity contribution in [3.05, 3.63) is 75.5 Å². The van der Waals surface area contributed by atoms with E-state index >= 15 is 0 Å². The van der Waals surface area contributed by atoms with Gasteiger partial charge in [-0.15, -0.1) is 0 Å². The second kappa shape index (κ2) is 7.72. The van der Waals surface area contributed by atoms with Gasteiger partial charge in [0.15, 0.2) is 0 Å². The third-order valence-electron chi connectivity index (χ3n) is 3.70. The van der Waals surface area contributed by atoms with Gasteiger partial charge in [0.2, 0.25) is 5.95 Å². The van der Waals surface area contributed by atoms with Crippen molar-refractivity contribution in [2.45, 2.75) is 13.8 Å². The lowest BCUT2D eigenvalue weighted by Gasteiger charge is -2.10. The highest BCUT2D eigenvalue weighted by Gasteiger charge is 2.11. The van der Waals surface area contributed by atoms with Crippen LogP contribution in [0.1, 0.15) is 21.6 Å². The van der Waals surface area contributed by atoms with Gasteiger partial charge in [0, 0.05) is 16.9 Å². The van der Waals surface area contributed by atoms with E-state index in [4.69, 9.17) is 23.2 Å². The quantitative estimate of drug-likeness (QED) is 0.629. The van der Waals surface area contributed by atoms with Gasteiger partial charge in [-0.05, 0) is 49.7 Å². The summed E-state index contributed by atoms with van der Waals surface area (Å²) in [7, 11) is 0. The molecule has 0 saturated carbocycles. The number of hydrogen-bond donors (Lipinski definition) is 2. The summed E-state index contributed by atoms with van der Waals surface area (Å²) in [5, 5.41) is 6.81. The van der Waals surface area contributed by atoms with E-state index in [1.54, 1.807) is 24.3 Å². The summed E-state index contributed by atoms with van der Waals surface area (Å²) < 4.78 is 0. The van der Waals surface area contributed by atoms with Gasteiger partial charge in [-0.1, -0.05) is 40.9 Å². The van der Waals surface area contributed by atoms with E-state index in [1.807, 2.05) is 32.0 Å². The van der Waals surface area contributed by atoms with E-state index in [1.165, 1.54) is 6.20 Å². The van der Waals surface area contributed by atoms with Crippen LogP contribution in [0.3, 0.4) is 0 Å². The van der Waals surface area contributed by atoms with Crippen molar-refractivity contribution >= 4 is 46.4 Å². The van der Waals surface area contributed by atoms with E-state index < -0.39 is 0 Å². The number of carbonyl (C=O) groups is 1. The van der Waals surface area contributed by atoms with Crippen LogP contribution in [0.5, 0.6) is 0 Å². The fourth-order valence-corrected chi connectivity index (χ4v) is 2.85. The number of amides is 1. The van der Waals surface area contributed by atoms with Crippen molar-refractivity contribution in [1.29, 1.82) is 0 Å². The average molecular weight is 387 g/mol. The number of hydrogen-bond acceptors (Lipinski definition) is 4. The number of nitrogens with one attached hydrogen (secondary N) is 2. The molecule has 0 bridgehead atoms. The predicted octanol–water partition coefficient (Wildman–Crippen LogP) is 5.40. The second-order valence-electron chi connectivity index (χ2n) is 5.79. The number of carbonyl (C=O) groups excluding carboxylic acids is 1. The molecule has 0 fully saturated rings. The highest BCUT2D eigenvalue weighted by molar-refractivity contribution is 6.36. The number of aromatic nitrogens is 2. The van der Waals surface area contributed by atoms with Crippen LogP contribution in [0.4, 0.5) is 17.3 Å². The number of benzene rings is 2. The highest BCUT2D eigenvalue weighted by Crippen LogP contribution is 2.27. The third-order valence-corrected chi connectivity index (χ3v) is 4.24. The summed E-state index contributed by atoms with van der Waals surface area (Å²) >= 11 is 12.0. The summed E-state index contributed by atoms with van der Waals surface area (Å²) in [5.74, 6) is -0.0490. The van der Waals surface area contributed by atoms with Crippen LogP contribution in [0.25, 0.3) is 0 Å². The fraction of sp³-hybridized carbons (Fsp3) is 0.105. The molecule has 1 aromatic heterocycles. The van der Waals surface area contributed by atoms with Gasteiger partial charge < -0.3 is 10.6 Å². The van der Waals surface area contributed by atoms with Crippen LogP contribution in [0, 0.1) is 13.8 Å². The first kappa shape index (κ1) is 18.2. The Labute approximate surface area is 161 Å². The maximum Gasteiger partial charge on any atom is 0.274 e. The molecule has 5 nitrogen and oxygen atoms in total. The van der Waals surface area contributed by atoms with Gasteiger partial charge in [0.25, 0.3) is 5.91 Å². The largest absolute Gasteiger partial charge is 0.323 e. The van der Waals surface area contributed by atoms with Crippen molar-refractivity contribution in [2.24, 2.45) is 0 Å². The molecule has 26 heavy (non-hydrogen) atoms. The Morgan fingerprint density at radius 2 is 1.77 bits per heavy atom. The minimum absolute atomic E-state index is 0.243. The Morgan fingerprint density at radius 1 is 1.00 bits per heavy atom. The fourth-order valence-electron chi connectivity index (χ4n) is 2.40. The molecular formula is C19H16Cl2N4O. The molecule has 0 spiro atoms. The van der Waals surface area contributed by atoms with E-state index in [-0.39, 0.29) is 17.5 Å². The molecule has 0 unspecified atom stereocenters. The minimum atomic E-state index is -0.315. The molecule has 0 aliphatic rings. The average Bonchev–Trinajstić information content (AvgIpc) is 2.60. The normalized spacial score (nSPS) is 10.5. The van der Waals surface area contributed by atoms with E-state index in [2.05, 4.69) is 20.6 Å². The van der Waals surface area contributed by atoms with Crippen LogP contribution in [0.15, 0.2) is 48.7 Å². The summed E-state index contributed by atoms with van der Waals surface area (Å²) in [6.07, 6.45) is 1.51. The van der Waals surface area contributed by atoms with Crippen LogP contribution in [-0.2, 0) is 0 Å². The standard InChI is InChI=1S/C19H16Cl2N4O/c1-11-3-5-15(12(2)9-11)23-18(26)17-7-8-22-19(25-17)24-16-6-4-13(20)10-14(16)21/h3-10H,1-2H3,(H,23,26)(H,22,24,25). The minimum Gasteiger partial charge on any atom is -0.323 e. The summed E-state index contributed by atoms with van der Waals surface area (Å²) in [6.45, 7) is 3.95. The molecule has 132 valence electrons. The van der Waals surface area contributed by atoms with Gasteiger partial charge in [-0.2, -0.15) is 0 Å². The van der Waals surface area contributed by atoms with Gasteiger partial charge >= 0.3 is 0 Å². The molecule has 2 N–H and O–H groups in total. The molecule has 0 aliphatic heterocycles. The first-order valence-corrected chi connectivity index (χ1v) is 8.62. The Morgan fingerprint density at radius 3 is 2.50 bits per heavy atom. The van der Waals surface area contributed by atoms with E-state index in [0.29, 0.717) is 15.7 Å². The van der Waals surface area contributed by atoms with Crippen LogP contribution < -0.4 is 10.6 Å². The maximum atomic E-state index is 12.5. The molecule has 0 atom stereocenters. The monoisotopic (exact) mass is 386 g/mol. The molecule has 0 radical (unpaired) electrons. The molecule has 1 heterocycles. The van der Waals surface area contributed by atoms with E-state index in [9.17, 15) is 4.79 Å². The molecule has 0 aliphatic carbocycles. The number of halogens is 2. The Balaban J connectivity index is 1.79. The number of anilines is 3. The van der Waals surface area contributed by atoms with Crippen LogP contribution in [-0.4, -0.2) is 15.9 Å². The zero-order valence-corrected chi connectivity index (χ0v) is 15.7. The van der Waals surface area contributed by atoms with Crippen molar-refractivity contribution in [3.63, 3.8) is 0 Å². The molecule has 3 rings (SSSR count). The van der Waals surface area contributed by atoms with Gasteiger partial charge in [0.05, 0.1) is 10.7 Å². The molecule has 0 saturated heterocycles. The lowest BCUT2D eigenvalue weighted by atomic mass is 10.1. The van der Waals surface area contributed by atoms with Crippen molar-refractivity contribution in [1.82, 2.24) is 9.97 Å². The Hall–Kier alpha value is -2.63. The molecule has 7 heteroatoms. The smallest absolute Gasteiger partial charge is 0.274 e. The zero-order chi connectivity index (χ0) is 18.7. The summed E-state index contributed by atoms with van der Waals surface area (Å²) in [6, 6.07) is 12.4. The van der Waals surface area contributed by atoms with Crippen molar-refractivity contribution in [2.75, 3.05) is 10.6 Å². The lowest BCUT2D eigenvalue weighted by molar-refractivity contribution is 0.102. The lowest BCUT2D eigenvalue weighted by Crippen LogP contribution is -2.15. The molecule has 1 amide bonds. The van der Waals surface area contributed by atoms with Crippen LogP contribution >= 0.6 is 23.2 Å². The highest BCUT2D eigenvalue weighted by atomic mass is 35.5. The SMILES string of the molecule is Cc1ccc(NC(=O)c2ccnc(Nc3ccc(Cl)cc3Cl)n2)c(C)c1. The van der Waals surface area contributed by atoms with Crippen LogP contribution in [0.2, 0.25) is 10.0 Å². The molecular weight excluding hydrogens is 371 g/mol. The molecule has 3 aromatic rings. The predicted molar refractivity (Wildman–Crippen MR) is 106 cm³/mol. The topological polar surface area (TPSA) is 66.9 Å². The second-order valence-corrected chi connectivity index (χ2v) is 6.63. The number of aryl methyl sites for hydroxylation is 2. The maximum absolute atomic E-state index is 12.5. The van der Waals surface area contributed by atoms with Gasteiger partial charge in [-0.25, -0.2) is 9.97 Å². The van der Waals surface area contributed by atoms with E-state index in [0.717, 1.165) is 16.8 Å². The summed E-state index contributed by atoms with van der Waals surface area (Å²) in [4.78, 5) is 20.9. The van der Waals surface area contributed by atoms with Crippen molar-refractivity contribution < 1.29 is 4.79 Å². The number of nitrogens with zero attached hydrogens (tertiary/aromatic N) is 2. The zero-order valence-electron chi connectivity index (χ0n) is 14.2. The number of rotatable bonds is 4. The van der Waals surface area contributed by atoms with Gasteiger partial charge in [-0.3, -0.25) is 4.79 Å². The Bertz CT molecular complexity index is 976. The van der Waals surface area contributed by atoms with Crippen molar-refractivity contribution in [3.8, 4) is 0 Å². The molecule has 2 aromatic carbocycles. The first-order valence-electron chi connectivity index (χ1n) is 7.86. The first-order chi connectivity index (χ1) is 12.4. The Kier molecular flexibility index (Phi) is 5.40. The van der Waals surface area contributed by atoms with Gasteiger partial charge in [0.1, 0.15) is 5.69 Å². The third kappa shape index (κ3) is 4.31. The summed E-state index contributed by atoms with van der Waals surface area (Å²) in [5.41, 5.74) is 3.71.